The van der Waals surface area contributed by atoms with Crippen molar-refractivity contribution in [3.63, 3.8) is 0 Å². The molecule has 1 atom stereocenters. The Labute approximate surface area is 103 Å². The minimum atomic E-state index is -4.33. The van der Waals surface area contributed by atoms with E-state index in [4.69, 9.17) is 4.74 Å². The molecule has 0 aliphatic heterocycles. The summed E-state index contributed by atoms with van der Waals surface area (Å²) in [6.45, 7) is 2.04. The van der Waals surface area contributed by atoms with E-state index in [0.29, 0.717) is 6.54 Å². The van der Waals surface area contributed by atoms with Gasteiger partial charge in [0.2, 0.25) is 0 Å². The van der Waals surface area contributed by atoms with Crippen molar-refractivity contribution < 1.29 is 22.3 Å². The van der Waals surface area contributed by atoms with Crippen molar-refractivity contribution in [1.82, 2.24) is 5.32 Å². The molecule has 0 saturated heterocycles. The molecule has 0 heterocycles. The van der Waals surface area contributed by atoms with Crippen molar-refractivity contribution in [3.8, 4) is 5.75 Å². The Hall–Kier alpha value is -1.30. The highest BCUT2D eigenvalue weighted by atomic mass is 19.4. The maximum atomic E-state index is 13.2. The number of hydrogen-bond donors (Lipinski definition) is 1. The predicted molar refractivity (Wildman–Crippen MR) is 60.0 cm³/mol. The van der Waals surface area contributed by atoms with Crippen LogP contribution in [0.3, 0.4) is 0 Å². The quantitative estimate of drug-likeness (QED) is 0.823. The molecule has 2 nitrogen and oxygen atoms in total. The molecule has 1 unspecified atom stereocenters. The molecular weight excluding hydrogens is 250 g/mol. The summed E-state index contributed by atoms with van der Waals surface area (Å²) in [4.78, 5) is 0. The fourth-order valence-corrected chi connectivity index (χ4v) is 1.75. The van der Waals surface area contributed by atoms with Crippen molar-refractivity contribution in [2.75, 3.05) is 13.7 Å². The first-order valence-corrected chi connectivity index (χ1v) is 5.51. The van der Waals surface area contributed by atoms with Gasteiger partial charge in [-0.25, -0.2) is 4.39 Å². The van der Waals surface area contributed by atoms with Crippen LogP contribution in [0.2, 0.25) is 0 Å². The Morgan fingerprint density at radius 1 is 1.33 bits per heavy atom. The first-order chi connectivity index (χ1) is 8.37. The van der Waals surface area contributed by atoms with Crippen LogP contribution < -0.4 is 10.1 Å². The van der Waals surface area contributed by atoms with Gasteiger partial charge in [0, 0.05) is 11.6 Å². The second-order valence-corrected chi connectivity index (χ2v) is 3.82. The van der Waals surface area contributed by atoms with Gasteiger partial charge in [0.1, 0.15) is 11.6 Å². The van der Waals surface area contributed by atoms with Gasteiger partial charge in [0.05, 0.1) is 13.5 Å². The van der Waals surface area contributed by atoms with Crippen molar-refractivity contribution in [1.29, 1.82) is 0 Å². The van der Waals surface area contributed by atoms with Gasteiger partial charge >= 0.3 is 6.18 Å². The van der Waals surface area contributed by atoms with Crippen LogP contribution in [0.25, 0.3) is 0 Å². The number of benzene rings is 1. The van der Waals surface area contributed by atoms with Gasteiger partial charge < -0.3 is 10.1 Å². The predicted octanol–water partition coefficient (Wildman–Crippen LogP) is 3.44. The summed E-state index contributed by atoms with van der Waals surface area (Å²) in [6, 6.07) is 2.53. The summed E-state index contributed by atoms with van der Waals surface area (Å²) in [5.74, 6) is -0.345. The second kappa shape index (κ2) is 6.04. The van der Waals surface area contributed by atoms with E-state index < -0.39 is 24.5 Å². The van der Waals surface area contributed by atoms with Gasteiger partial charge in [0.25, 0.3) is 0 Å². The number of ether oxygens (including phenoxy) is 1. The molecule has 0 saturated carbocycles. The Morgan fingerprint density at radius 3 is 2.50 bits per heavy atom. The molecule has 0 bridgehead atoms. The van der Waals surface area contributed by atoms with E-state index in [9.17, 15) is 17.6 Å². The molecule has 0 radical (unpaired) electrons. The molecule has 102 valence electrons. The average molecular weight is 265 g/mol. The maximum absolute atomic E-state index is 13.2. The van der Waals surface area contributed by atoms with E-state index in [-0.39, 0.29) is 11.3 Å². The molecule has 1 aromatic carbocycles. The third kappa shape index (κ3) is 4.18. The topological polar surface area (TPSA) is 21.3 Å². The highest BCUT2D eigenvalue weighted by molar-refractivity contribution is 5.36. The number of methoxy groups -OCH3 is 1. The molecular formula is C12H15F4NO. The second-order valence-electron chi connectivity index (χ2n) is 3.82. The third-order valence-electron chi connectivity index (χ3n) is 2.45. The molecule has 1 rings (SSSR count). The van der Waals surface area contributed by atoms with Crippen LogP contribution in [0.4, 0.5) is 17.6 Å². The van der Waals surface area contributed by atoms with E-state index in [1.165, 1.54) is 13.2 Å². The lowest BCUT2D eigenvalue weighted by atomic mass is 10.0. The molecule has 0 amide bonds. The molecule has 0 fully saturated rings. The van der Waals surface area contributed by atoms with Crippen LogP contribution in [0.1, 0.15) is 24.9 Å². The fourth-order valence-electron chi connectivity index (χ4n) is 1.75. The van der Waals surface area contributed by atoms with Gasteiger partial charge in [-0.15, -0.1) is 0 Å². The van der Waals surface area contributed by atoms with Crippen LogP contribution in [0, 0.1) is 5.82 Å². The zero-order valence-electron chi connectivity index (χ0n) is 10.1. The lowest BCUT2D eigenvalue weighted by Gasteiger charge is -2.22. The minimum absolute atomic E-state index is 0.177. The summed E-state index contributed by atoms with van der Waals surface area (Å²) < 4.78 is 55.5. The van der Waals surface area contributed by atoms with Gasteiger partial charge in [-0.2, -0.15) is 13.2 Å². The van der Waals surface area contributed by atoms with Crippen LogP contribution in [0.15, 0.2) is 18.2 Å². The average Bonchev–Trinajstić information content (AvgIpc) is 2.26. The molecule has 0 aromatic heterocycles. The van der Waals surface area contributed by atoms with Crippen LogP contribution in [-0.2, 0) is 0 Å². The first-order valence-electron chi connectivity index (χ1n) is 5.51. The monoisotopic (exact) mass is 265 g/mol. The third-order valence-corrected chi connectivity index (χ3v) is 2.45. The zero-order chi connectivity index (χ0) is 13.8. The summed E-state index contributed by atoms with van der Waals surface area (Å²) in [6.07, 6.45) is -5.40. The maximum Gasteiger partial charge on any atom is 0.390 e. The van der Waals surface area contributed by atoms with Crippen LogP contribution in [0.5, 0.6) is 5.75 Å². The van der Waals surface area contributed by atoms with Gasteiger partial charge in [-0.3, -0.25) is 0 Å². The Morgan fingerprint density at radius 2 is 2.00 bits per heavy atom. The normalized spacial score (nSPS) is 13.4. The van der Waals surface area contributed by atoms with Crippen LogP contribution in [-0.4, -0.2) is 19.8 Å². The van der Waals surface area contributed by atoms with Crippen molar-refractivity contribution in [2.24, 2.45) is 0 Å². The summed E-state index contributed by atoms with van der Waals surface area (Å²) >= 11 is 0. The molecule has 0 aliphatic rings. The molecule has 0 spiro atoms. The smallest absolute Gasteiger partial charge is 0.390 e. The van der Waals surface area contributed by atoms with E-state index in [2.05, 4.69) is 5.32 Å². The lowest BCUT2D eigenvalue weighted by molar-refractivity contribution is -0.140. The zero-order valence-corrected chi connectivity index (χ0v) is 10.1. The van der Waals surface area contributed by atoms with E-state index in [1.54, 1.807) is 6.92 Å². The van der Waals surface area contributed by atoms with E-state index in [0.717, 1.165) is 12.1 Å². The SMILES string of the molecule is CCNC(CC(F)(F)F)c1cc(F)ccc1OC. The summed E-state index contributed by atoms with van der Waals surface area (Å²) in [5.41, 5.74) is 0.177. The van der Waals surface area contributed by atoms with Gasteiger partial charge in [0.15, 0.2) is 0 Å². The van der Waals surface area contributed by atoms with Gasteiger partial charge in [-0.05, 0) is 24.7 Å². The molecule has 1 aromatic rings. The summed E-state index contributed by atoms with van der Waals surface area (Å²) in [7, 11) is 1.34. The summed E-state index contributed by atoms with van der Waals surface area (Å²) in [5, 5.41) is 2.69. The Bertz CT molecular complexity index is 392. The number of nitrogens with one attached hydrogen (secondary N) is 1. The highest BCUT2D eigenvalue weighted by Crippen LogP contribution is 2.34. The number of halogens is 4. The number of rotatable bonds is 5. The standard InChI is InChI=1S/C12H15F4NO/c1-3-17-10(7-12(14,15)16)9-6-8(13)4-5-11(9)18-2/h4-6,10,17H,3,7H2,1-2H3. The number of hydrogen-bond acceptors (Lipinski definition) is 2. The Kier molecular flexibility index (Phi) is 4.95. The Balaban J connectivity index is 3.07. The highest BCUT2D eigenvalue weighted by Gasteiger charge is 2.33. The molecule has 6 heteroatoms. The van der Waals surface area contributed by atoms with E-state index in [1.807, 2.05) is 0 Å². The molecule has 0 aliphatic carbocycles. The molecule has 1 N–H and O–H groups in total. The van der Waals surface area contributed by atoms with Crippen molar-refractivity contribution >= 4 is 0 Å². The van der Waals surface area contributed by atoms with Gasteiger partial charge in [-0.1, -0.05) is 6.92 Å². The van der Waals surface area contributed by atoms with Crippen molar-refractivity contribution in [2.45, 2.75) is 25.6 Å². The van der Waals surface area contributed by atoms with E-state index >= 15 is 0 Å². The molecule has 18 heavy (non-hydrogen) atoms. The fraction of sp³-hybridized carbons (Fsp3) is 0.500. The van der Waals surface area contributed by atoms with Crippen LogP contribution >= 0.6 is 0 Å². The van der Waals surface area contributed by atoms with Crippen molar-refractivity contribution in [3.05, 3.63) is 29.6 Å². The largest absolute Gasteiger partial charge is 0.496 e. The number of alkyl halides is 3. The minimum Gasteiger partial charge on any atom is -0.496 e. The first kappa shape index (κ1) is 14.8. The lowest BCUT2D eigenvalue weighted by Crippen LogP contribution is -2.27.